The van der Waals surface area contributed by atoms with E-state index >= 15 is 0 Å². The van der Waals surface area contributed by atoms with Gasteiger partial charge < -0.3 is 5.32 Å². The maximum atomic E-state index is 11.8. The van der Waals surface area contributed by atoms with E-state index in [9.17, 15) is 4.79 Å². The molecule has 0 aliphatic carbocycles. The molecule has 22 heavy (non-hydrogen) atoms. The quantitative estimate of drug-likeness (QED) is 0.888. The Morgan fingerprint density at radius 1 is 1.27 bits per heavy atom. The van der Waals surface area contributed by atoms with Crippen LogP contribution in [0.5, 0.6) is 0 Å². The van der Waals surface area contributed by atoms with Crippen LogP contribution in [0.4, 0.5) is 0 Å². The van der Waals surface area contributed by atoms with Gasteiger partial charge in [0.25, 0.3) is 0 Å². The fraction of sp³-hybridized carbons (Fsp3) is 0.529. The molecule has 2 rings (SSSR count). The van der Waals surface area contributed by atoms with Crippen LogP contribution in [0, 0.1) is 11.3 Å². The number of piperazine rings is 1. The summed E-state index contributed by atoms with van der Waals surface area (Å²) in [6.45, 7) is 9.01. The van der Waals surface area contributed by atoms with Gasteiger partial charge in [-0.2, -0.15) is 5.26 Å². The SMILES string of the molecule is CC(C)NC(=O)CN1CCN(Cc2cccc(C#N)c2)CC1. The summed E-state index contributed by atoms with van der Waals surface area (Å²) in [5.74, 6) is 0.102. The van der Waals surface area contributed by atoms with Crippen molar-refractivity contribution < 1.29 is 4.79 Å². The molecule has 5 heteroatoms. The number of benzene rings is 1. The number of hydrogen-bond acceptors (Lipinski definition) is 4. The molecular weight excluding hydrogens is 276 g/mol. The predicted molar refractivity (Wildman–Crippen MR) is 86.2 cm³/mol. The van der Waals surface area contributed by atoms with Crippen molar-refractivity contribution in [1.82, 2.24) is 15.1 Å². The lowest BCUT2D eigenvalue weighted by Crippen LogP contribution is -2.49. The van der Waals surface area contributed by atoms with Gasteiger partial charge in [-0.25, -0.2) is 0 Å². The second-order valence-corrected chi connectivity index (χ2v) is 6.09. The van der Waals surface area contributed by atoms with Crippen LogP contribution >= 0.6 is 0 Å². The Morgan fingerprint density at radius 2 is 1.95 bits per heavy atom. The molecule has 0 unspecified atom stereocenters. The van der Waals surface area contributed by atoms with Crippen molar-refractivity contribution in [2.75, 3.05) is 32.7 Å². The van der Waals surface area contributed by atoms with Gasteiger partial charge in [0.15, 0.2) is 0 Å². The largest absolute Gasteiger partial charge is 0.353 e. The lowest BCUT2D eigenvalue weighted by atomic mass is 10.1. The van der Waals surface area contributed by atoms with Crippen LogP contribution < -0.4 is 5.32 Å². The number of nitriles is 1. The number of rotatable bonds is 5. The van der Waals surface area contributed by atoms with Gasteiger partial charge in [-0.3, -0.25) is 14.6 Å². The third-order valence-electron chi connectivity index (χ3n) is 3.74. The van der Waals surface area contributed by atoms with Gasteiger partial charge in [-0.1, -0.05) is 12.1 Å². The second kappa shape index (κ2) is 7.92. The Bertz CT molecular complexity index is 542. The van der Waals surface area contributed by atoms with Gasteiger partial charge in [0, 0.05) is 38.8 Å². The highest BCUT2D eigenvalue weighted by Gasteiger charge is 2.19. The highest BCUT2D eigenvalue weighted by Crippen LogP contribution is 2.10. The Morgan fingerprint density at radius 3 is 2.59 bits per heavy atom. The number of carbonyl (C=O) groups is 1. The van der Waals surface area contributed by atoms with E-state index in [-0.39, 0.29) is 11.9 Å². The van der Waals surface area contributed by atoms with Gasteiger partial charge in [-0.05, 0) is 31.5 Å². The third kappa shape index (κ3) is 5.14. The normalized spacial score (nSPS) is 16.5. The monoisotopic (exact) mass is 300 g/mol. The molecule has 1 aromatic rings. The minimum absolute atomic E-state index is 0.102. The molecule has 0 aromatic heterocycles. The molecule has 5 nitrogen and oxygen atoms in total. The number of nitrogens with zero attached hydrogens (tertiary/aromatic N) is 3. The van der Waals surface area contributed by atoms with Crippen LogP contribution in [0.2, 0.25) is 0 Å². The maximum Gasteiger partial charge on any atom is 0.234 e. The zero-order valence-electron chi connectivity index (χ0n) is 13.4. The first-order valence-electron chi connectivity index (χ1n) is 7.80. The van der Waals surface area contributed by atoms with Crippen molar-refractivity contribution >= 4 is 5.91 Å². The standard InChI is InChI=1S/C17H24N4O/c1-14(2)19-17(22)13-21-8-6-20(7-9-21)12-16-5-3-4-15(10-16)11-18/h3-5,10,14H,6-9,12-13H2,1-2H3,(H,19,22). The summed E-state index contributed by atoms with van der Waals surface area (Å²) in [5, 5.41) is 11.9. The predicted octanol–water partition coefficient (Wildman–Crippen LogP) is 1.20. The van der Waals surface area contributed by atoms with Gasteiger partial charge in [0.05, 0.1) is 18.2 Å². The van der Waals surface area contributed by atoms with Crippen LogP contribution in [-0.4, -0.2) is 54.5 Å². The Balaban J connectivity index is 1.77. The van der Waals surface area contributed by atoms with Crippen molar-refractivity contribution in [3.8, 4) is 6.07 Å². The minimum atomic E-state index is 0.102. The number of nitrogens with one attached hydrogen (secondary N) is 1. The third-order valence-corrected chi connectivity index (χ3v) is 3.74. The van der Waals surface area contributed by atoms with Gasteiger partial charge in [0.1, 0.15) is 0 Å². The van der Waals surface area contributed by atoms with E-state index in [1.165, 1.54) is 5.56 Å². The summed E-state index contributed by atoms with van der Waals surface area (Å²) >= 11 is 0. The summed E-state index contributed by atoms with van der Waals surface area (Å²) < 4.78 is 0. The Hall–Kier alpha value is -1.90. The summed E-state index contributed by atoms with van der Waals surface area (Å²) in [5.41, 5.74) is 1.88. The van der Waals surface area contributed by atoms with Crippen molar-refractivity contribution in [2.24, 2.45) is 0 Å². The molecule has 1 N–H and O–H groups in total. The zero-order valence-corrected chi connectivity index (χ0v) is 13.4. The molecule has 1 heterocycles. The molecular formula is C17H24N4O. The average Bonchev–Trinajstić information content (AvgIpc) is 2.48. The first-order chi connectivity index (χ1) is 10.6. The van der Waals surface area contributed by atoms with E-state index in [1.807, 2.05) is 32.0 Å². The average molecular weight is 300 g/mol. The van der Waals surface area contributed by atoms with Crippen molar-refractivity contribution in [2.45, 2.75) is 26.4 Å². The molecule has 0 saturated carbocycles. The van der Waals surface area contributed by atoms with Crippen molar-refractivity contribution in [3.63, 3.8) is 0 Å². The second-order valence-electron chi connectivity index (χ2n) is 6.09. The molecule has 118 valence electrons. The van der Waals surface area contributed by atoms with E-state index in [0.29, 0.717) is 12.1 Å². The van der Waals surface area contributed by atoms with Crippen LogP contribution in [0.1, 0.15) is 25.0 Å². The molecule has 0 spiro atoms. The molecule has 1 aliphatic heterocycles. The summed E-state index contributed by atoms with van der Waals surface area (Å²) in [6.07, 6.45) is 0. The molecule has 0 atom stereocenters. The van der Waals surface area contributed by atoms with Crippen LogP contribution in [0.15, 0.2) is 24.3 Å². The van der Waals surface area contributed by atoms with Crippen molar-refractivity contribution in [3.05, 3.63) is 35.4 Å². The molecule has 1 aromatic carbocycles. The highest BCUT2D eigenvalue weighted by molar-refractivity contribution is 5.78. The van der Waals surface area contributed by atoms with Crippen LogP contribution in [0.25, 0.3) is 0 Å². The lowest BCUT2D eigenvalue weighted by Gasteiger charge is -2.34. The molecule has 1 amide bonds. The molecule has 1 saturated heterocycles. The number of carbonyl (C=O) groups excluding carboxylic acids is 1. The maximum absolute atomic E-state index is 11.8. The highest BCUT2D eigenvalue weighted by atomic mass is 16.2. The fourth-order valence-electron chi connectivity index (χ4n) is 2.67. The smallest absolute Gasteiger partial charge is 0.234 e. The molecule has 1 fully saturated rings. The van der Waals surface area contributed by atoms with E-state index in [0.717, 1.165) is 32.7 Å². The van der Waals surface area contributed by atoms with E-state index in [1.54, 1.807) is 0 Å². The van der Waals surface area contributed by atoms with Gasteiger partial charge in [0.2, 0.25) is 5.91 Å². The van der Waals surface area contributed by atoms with E-state index in [2.05, 4.69) is 27.3 Å². The van der Waals surface area contributed by atoms with Gasteiger partial charge >= 0.3 is 0 Å². The topological polar surface area (TPSA) is 59.4 Å². The summed E-state index contributed by atoms with van der Waals surface area (Å²) in [6, 6.07) is 10.1. The van der Waals surface area contributed by atoms with E-state index in [4.69, 9.17) is 5.26 Å². The zero-order chi connectivity index (χ0) is 15.9. The minimum Gasteiger partial charge on any atom is -0.353 e. The Kier molecular flexibility index (Phi) is 5.93. The summed E-state index contributed by atoms with van der Waals surface area (Å²) in [7, 11) is 0. The molecule has 0 bridgehead atoms. The number of amides is 1. The first-order valence-corrected chi connectivity index (χ1v) is 7.80. The Labute approximate surface area is 132 Å². The molecule has 0 radical (unpaired) electrons. The lowest BCUT2D eigenvalue weighted by molar-refractivity contribution is -0.123. The van der Waals surface area contributed by atoms with Gasteiger partial charge in [-0.15, -0.1) is 0 Å². The van der Waals surface area contributed by atoms with Crippen molar-refractivity contribution in [1.29, 1.82) is 5.26 Å². The van der Waals surface area contributed by atoms with Crippen LogP contribution in [-0.2, 0) is 11.3 Å². The summed E-state index contributed by atoms with van der Waals surface area (Å²) in [4.78, 5) is 16.3. The molecule has 1 aliphatic rings. The van der Waals surface area contributed by atoms with E-state index < -0.39 is 0 Å². The number of hydrogen-bond donors (Lipinski definition) is 1. The van der Waals surface area contributed by atoms with Crippen LogP contribution in [0.3, 0.4) is 0 Å². The fourth-order valence-corrected chi connectivity index (χ4v) is 2.67. The first kappa shape index (κ1) is 16.5.